The van der Waals surface area contributed by atoms with Crippen molar-refractivity contribution in [1.29, 1.82) is 0 Å². The summed E-state index contributed by atoms with van der Waals surface area (Å²) in [6.45, 7) is 0. The van der Waals surface area contributed by atoms with Crippen molar-refractivity contribution in [3.05, 3.63) is 64.6 Å². The van der Waals surface area contributed by atoms with Gasteiger partial charge in [-0.3, -0.25) is 4.79 Å². The van der Waals surface area contributed by atoms with E-state index in [2.05, 4.69) is 10.2 Å². The van der Waals surface area contributed by atoms with Crippen LogP contribution >= 0.6 is 0 Å². The first-order valence-corrected chi connectivity index (χ1v) is 5.40. The van der Waals surface area contributed by atoms with Crippen LogP contribution in [0.5, 0.6) is 0 Å². The maximum atomic E-state index is 12.1. The Morgan fingerprint density at radius 3 is 1.74 bits per heavy atom. The van der Waals surface area contributed by atoms with Crippen LogP contribution < -0.4 is 0 Å². The average molecular weight is 252 g/mol. The normalized spacial score (nSPS) is 9.47. The van der Waals surface area contributed by atoms with E-state index < -0.39 is 0 Å². The summed E-state index contributed by atoms with van der Waals surface area (Å²) in [4.78, 5) is 35.9. The van der Waals surface area contributed by atoms with Gasteiger partial charge in [0.25, 0.3) is 0 Å². The van der Waals surface area contributed by atoms with Crippen LogP contribution in [0.4, 0.5) is 11.4 Å². The summed E-state index contributed by atoms with van der Waals surface area (Å²) in [5.74, 6) is -0.181. The van der Waals surface area contributed by atoms with Crippen LogP contribution in [-0.4, -0.2) is 11.9 Å². The van der Waals surface area contributed by atoms with Crippen LogP contribution in [0.3, 0.4) is 0 Å². The second kappa shape index (κ2) is 5.62. The second-order valence-corrected chi connectivity index (χ2v) is 3.72. The molecular weight excluding hydrogens is 244 g/mol. The Kier molecular flexibility index (Phi) is 3.71. The first kappa shape index (κ1) is 12.5. The lowest BCUT2D eigenvalue weighted by atomic mass is 10.0. The van der Waals surface area contributed by atoms with Gasteiger partial charge < -0.3 is 0 Å². The van der Waals surface area contributed by atoms with Gasteiger partial charge in [-0.05, 0) is 53.7 Å². The predicted molar refractivity (Wildman–Crippen MR) is 69.6 cm³/mol. The molecule has 0 radical (unpaired) electrons. The van der Waals surface area contributed by atoms with E-state index in [1.807, 2.05) is 0 Å². The first-order valence-electron chi connectivity index (χ1n) is 5.40. The zero-order chi connectivity index (χ0) is 13.7. The molecule has 0 saturated carbocycles. The van der Waals surface area contributed by atoms with Gasteiger partial charge in [-0.15, -0.1) is 4.91 Å². The Bertz CT molecular complexity index is 654. The van der Waals surface area contributed by atoms with Crippen molar-refractivity contribution >= 4 is 23.2 Å². The van der Waals surface area contributed by atoms with Gasteiger partial charge in [0.2, 0.25) is 6.08 Å². The molecule has 19 heavy (non-hydrogen) atoms. The topological polar surface area (TPSA) is 75.9 Å². The summed E-state index contributed by atoms with van der Waals surface area (Å²) >= 11 is 0. The summed E-state index contributed by atoms with van der Waals surface area (Å²) in [5.41, 5.74) is 1.63. The van der Waals surface area contributed by atoms with Gasteiger partial charge in [0.05, 0.1) is 5.69 Å². The highest BCUT2D eigenvalue weighted by atomic mass is 16.3. The van der Waals surface area contributed by atoms with Gasteiger partial charge in [-0.2, -0.15) is 4.99 Å². The highest BCUT2D eigenvalue weighted by Gasteiger charge is 2.08. The molecule has 0 aliphatic carbocycles. The quantitative estimate of drug-likeness (QED) is 0.362. The Morgan fingerprint density at radius 2 is 1.32 bits per heavy atom. The van der Waals surface area contributed by atoms with Crippen LogP contribution in [0.1, 0.15) is 15.9 Å². The van der Waals surface area contributed by atoms with Crippen molar-refractivity contribution < 1.29 is 9.59 Å². The van der Waals surface area contributed by atoms with Crippen molar-refractivity contribution in [1.82, 2.24) is 0 Å². The molecule has 2 rings (SSSR count). The number of nitroso groups, excluding NO2 is 1. The number of aliphatic imine (C=N–C) groups is 1. The van der Waals surface area contributed by atoms with E-state index in [-0.39, 0.29) is 11.5 Å². The standard InChI is InChI=1S/C14H8N2O3/c17-9-15-12-5-1-10(2-6-12)14(18)11-3-7-13(16-19)8-4-11/h1-8H. The van der Waals surface area contributed by atoms with Crippen molar-refractivity contribution in [3.63, 3.8) is 0 Å². The van der Waals surface area contributed by atoms with E-state index in [9.17, 15) is 14.5 Å². The molecule has 2 aromatic rings. The minimum absolute atomic E-state index is 0.181. The molecule has 0 spiro atoms. The van der Waals surface area contributed by atoms with Gasteiger partial charge in [0, 0.05) is 11.1 Å². The molecule has 0 atom stereocenters. The van der Waals surface area contributed by atoms with Crippen LogP contribution in [0.15, 0.2) is 58.7 Å². The van der Waals surface area contributed by atoms with Crippen molar-refractivity contribution in [2.24, 2.45) is 10.2 Å². The number of isocyanates is 1. The van der Waals surface area contributed by atoms with E-state index in [0.29, 0.717) is 16.8 Å². The van der Waals surface area contributed by atoms with Crippen molar-refractivity contribution in [3.8, 4) is 0 Å². The fourth-order valence-electron chi connectivity index (χ4n) is 1.58. The van der Waals surface area contributed by atoms with Crippen LogP contribution in [0.2, 0.25) is 0 Å². The first-order chi connectivity index (χ1) is 9.24. The molecule has 5 nitrogen and oxygen atoms in total. The van der Waals surface area contributed by atoms with Gasteiger partial charge in [0.1, 0.15) is 5.69 Å². The van der Waals surface area contributed by atoms with E-state index >= 15 is 0 Å². The largest absolute Gasteiger partial charge is 0.289 e. The average Bonchev–Trinajstić information content (AvgIpc) is 2.48. The molecule has 0 unspecified atom stereocenters. The Balaban J connectivity index is 2.27. The summed E-state index contributed by atoms with van der Waals surface area (Å²) in [6, 6.07) is 12.3. The molecular formula is C14H8N2O3. The van der Waals surface area contributed by atoms with Crippen LogP contribution in [0, 0.1) is 4.91 Å². The minimum atomic E-state index is -0.181. The maximum Gasteiger partial charge on any atom is 0.240 e. The van der Waals surface area contributed by atoms with Crippen LogP contribution in [-0.2, 0) is 4.79 Å². The van der Waals surface area contributed by atoms with Crippen molar-refractivity contribution in [2.75, 3.05) is 0 Å². The number of ketones is 1. The van der Waals surface area contributed by atoms with E-state index in [4.69, 9.17) is 0 Å². The lowest BCUT2D eigenvalue weighted by molar-refractivity contribution is 0.103. The number of carbonyl (C=O) groups is 1. The Morgan fingerprint density at radius 1 is 0.842 bits per heavy atom. The van der Waals surface area contributed by atoms with Gasteiger partial charge in [-0.1, -0.05) is 0 Å². The SMILES string of the molecule is O=C=Nc1ccc(C(=O)c2ccc(N=O)cc2)cc1. The third kappa shape index (κ3) is 2.86. The highest BCUT2D eigenvalue weighted by Crippen LogP contribution is 2.18. The molecule has 0 aliphatic heterocycles. The summed E-state index contributed by atoms with van der Waals surface area (Å²) in [5, 5.41) is 2.77. The van der Waals surface area contributed by atoms with Crippen LogP contribution in [0.25, 0.3) is 0 Å². The predicted octanol–water partition coefficient (Wildman–Crippen LogP) is 3.28. The lowest BCUT2D eigenvalue weighted by Gasteiger charge is -2.01. The molecule has 0 saturated heterocycles. The molecule has 0 amide bonds. The molecule has 0 aliphatic rings. The van der Waals surface area contributed by atoms with Crippen molar-refractivity contribution in [2.45, 2.75) is 0 Å². The molecule has 0 aromatic heterocycles. The monoisotopic (exact) mass is 252 g/mol. The second-order valence-electron chi connectivity index (χ2n) is 3.72. The van der Waals surface area contributed by atoms with E-state index in [0.717, 1.165) is 0 Å². The minimum Gasteiger partial charge on any atom is -0.289 e. The number of rotatable bonds is 4. The lowest BCUT2D eigenvalue weighted by Crippen LogP contribution is -2.00. The number of benzene rings is 2. The molecule has 92 valence electrons. The Labute approximate surface area is 108 Å². The highest BCUT2D eigenvalue weighted by molar-refractivity contribution is 6.09. The molecule has 0 bridgehead atoms. The third-order valence-corrected chi connectivity index (χ3v) is 2.54. The van der Waals surface area contributed by atoms with Gasteiger partial charge in [0.15, 0.2) is 5.78 Å². The third-order valence-electron chi connectivity index (χ3n) is 2.54. The van der Waals surface area contributed by atoms with Gasteiger partial charge in [-0.25, -0.2) is 4.79 Å². The fraction of sp³-hybridized carbons (Fsp3) is 0. The Hall–Kier alpha value is -2.91. The summed E-state index contributed by atoms with van der Waals surface area (Å²) in [6.07, 6.45) is 1.43. The maximum absolute atomic E-state index is 12.1. The molecule has 5 heteroatoms. The molecule has 0 heterocycles. The number of hydrogen-bond acceptors (Lipinski definition) is 5. The number of hydrogen-bond donors (Lipinski definition) is 0. The number of carbonyl (C=O) groups excluding carboxylic acids is 2. The van der Waals surface area contributed by atoms with Gasteiger partial charge >= 0.3 is 0 Å². The summed E-state index contributed by atoms with van der Waals surface area (Å²) < 4.78 is 0. The van der Waals surface area contributed by atoms with E-state index in [1.54, 1.807) is 24.3 Å². The summed E-state index contributed by atoms with van der Waals surface area (Å²) in [7, 11) is 0. The number of nitrogens with zero attached hydrogens (tertiary/aromatic N) is 2. The smallest absolute Gasteiger partial charge is 0.240 e. The molecule has 2 aromatic carbocycles. The zero-order valence-electron chi connectivity index (χ0n) is 9.74. The molecule has 0 N–H and O–H groups in total. The zero-order valence-corrected chi connectivity index (χ0v) is 9.74. The fourth-order valence-corrected chi connectivity index (χ4v) is 1.58. The van der Waals surface area contributed by atoms with E-state index in [1.165, 1.54) is 30.3 Å². The molecule has 0 fully saturated rings.